The van der Waals surface area contributed by atoms with Crippen LogP contribution in [0.2, 0.25) is 10.0 Å². The number of hydrogen-bond acceptors (Lipinski definition) is 2. The topological polar surface area (TPSA) is 52.6 Å². The zero-order chi connectivity index (χ0) is 15.6. The van der Waals surface area contributed by atoms with Crippen LogP contribution in [0.15, 0.2) is 12.1 Å². The molecule has 1 fully saturated rings. The lowest BCUT2D eigenvalue weighted by Crippen LogP contribution is -2.42. The number of nitrogens with zero attached hydrogens (tertiary/aromatic N) is 1. The van der Waals surface area contributed by atoms with E-state index in [0.717, 1.165) is 18.4 Å². The molecule has 1 aliphatic rings. The number of aliphatic hydroxyl groups is 1. The monoisotopic (exact) mass is 330 g/mol. The number of halogens is 2. The van der Waals surface area contributed by atoms with Crippen molar-refractivity contribution in [3.05, 3.63) is 27.7 Å². The smallest absolute Gasteiger partial charge is 0.321 e. The molecule has 1 atom stereocenters. The molecular formula is C15H20Cl2N2O2. The molecule has 1 aliphatic heterocycles. The van der Waals surface area contributed by atoms with E-state index in [1.54, 1.807) is 24.0 Å². The molecule has 6 heteroatoms. The van der Waals surface area contributed by atoms with E-state index in [-0.39, 0.29) is 18.1 Å². The van der Waals surface area contributed by atoms with Gasteiger partial charge >= 0.3 is 6.03 Å². The second-order valence-corrected chi connectivity index (χ2v) is 6.37. The van der Waals surface area contributed by atoms with Crippen molar-refractivity contribution in [2.75, 3.05) is 18.4 Å². The number of rotatable bonds is 2. The molecule has 2 amide bonds. The molecule has 4 nitrogen and oxygen atoms in total. The second kappa shape index (κ2) is 6.86. The minimum absolute atomic E-state index is 0.157. The van der Waals surface area contributed by atoms with Crippen LogP contribution in [0.4, 0.5) is 10.5 Å². The van der Waals surface area contributed by atoms with Crippen molar-refractivity contribution < 1.29 is 9.90 Å². The summed E-state index contributed by atoms with van der Waals surface area (Å²) in [5, 5.41) is 13.5. The summed E-state index contributed by atoms with van der Waals surface area (Å²) in [5.41, 5.74) is 1.40. The number of aliphatic hydroxyl groups excluding tert-OH is 1. The van der Waals surface area contributed by atoms with Crippen LogP contribution in [0.3, 0.4) is 0 Å². The predicted octanol–water partition coefficient (Wildman–Crippen LogP) is 3.93. The molecule has 116 valence electrons. The van der Waals surface area contributed by atoms with Crippen molar-refractivity contribution in [3.8, 4) is 0 Å². The van der Waals surface area contributed by atoms with Crippen LogP contribution >= 0.6 is 23.2 Å². The van der Waals surface area contributed by atoms with E-state index in [0.29, 0.717) is 28.8 Å². The summed E-state index contributed by atoms with van der Waals surface area (Å²) >= 11 is 12.1. The summed E-state index contributed by atoms with van der Waals surface area (Å²) in [7, 11) is 0. The van der Waals surface area contributed by atoms with Gasteiger partial charge in [0, 0.05) is 28.8 Å². The van der Waals surface area contributed by atoms with Crippen LogP contribution < -0.4 is 5.32 Å². The zero-order valence-electron chi connectivity index (χ0n) is 12.2. The van der Waals surface area contributed by atoms with Gasteiger partial charge in [0.05, 0.1) is 6.10 Å². The molecule has 1 unspecified atom stereocenters. The molecule has 2 rings (SSSR count). The van der Waals surface area contributed by atoms with Crippen molar-refractivity contribution in [2.45, 2.75) is 32.8 Å². The number of nitrogens with one attached hydrogen (secondary N) is 1. The highest BCUT2D eigenvalue weighted by atomic mass is 35.5. The molecular weight excluding hydrogens is 311 g/mol. The van der Waals surface area contributed by atoms with Gasteiger partial charge in [-0.3, -0.25) is 0 Å². The fourth-order valence-corrected chi connectivity index (χ4v) is 2.99. The van der Waals surface area contributed by atoms with Crippen molar-refractivity contribution >= 4 is 34.9 Å². The number of amides is 2. The van der Waals surface area contributed by atoms with Crippen LogP contribution in [0, 0.1) is 12.8 Å². The largest absolute Gasteiger partial charge is 0.393 e. The Labute approximate surface area is 135 Å². The van der Waals surface area contributed by atoms with E-state index < -0.39 is 0 Å². The summed E-state index contributed by atoms with van der Waals surface area (Å²) in [6, 6.07) is 3.24. The molecule has 0 bridgehead atoms. The number of carbonyl (C=O) groups is 1. The van der Waals surface area contributed by atoms with Gasteiger partial charge in [0.25, 0.3) is 0 Å². The van der Waals surface area contributed by atoms with E-state index in [4.69, 9.17) is 23.2 Å². The van der Waals surface area contributed by atoms with E-state index in [1.165, 1.54) is 0 Å². The average Bonchev–Trinajstić information content (AvgIpc) is 2.44. The number of urea groups is 1. The molecule has 0 saturated carbocycles. The summed E-state index contributed by atoms with van der Waals surface area (Å²) in [5.74, 6) is 0.275. The molecule has 0 aliphatic carbocycles. The first-order valence-corrected chi connectivity index (χ1v) is 7.83. The normalized spacial score (nSPS) is 17.7. The number of likely N-dealkylation sites (tertiary alicyclic amines) is 1. The fourth-order valence-electron chi connectivity index (χ4n) is 2.50. The lowest BCUT2D eigenvalue weighted by atomic mass is 9.92. The van der Waals surface area contributed by atoms with Crippen molar-refractivity contribution in [1.82, 2.24) is 4.90 Å². The van der Waals surface area contributed by atoms with Gasteiger partial charge in [0.2, 0.25) is 0 Å². The van der Waals surface area contributed by atoms with Gasteiger partial charge in [-0.1, -0.05) is 23.2 Å². The first-order valence-electron chi connectivity index (χ1n) is 7.08. The lowest BCUT2D eigenvalue weighted by molar-refractivity contribution is 0.0820. The second-order valence-electron chi connectivity index (χ2n) is 5.56. The SMILES string of the molecule is Cc1c(Cl)cc(NC(=O)N2CCC(C(C)O)CC2)cc1Cl. The maximum Gasteiger partial charge on any atom is 0.321 e. The Balaban J connectivity index is 1.96. The third kappa shape index (κ3) is 4.02. The van der Waals surface area contributed by atoms with Crippen LogP contribution in [0.1, 0.15) is 25.3 Å². The molecule has 1 aromatic rings. The molecule has 0 spiro atoms. The number of piperidine rings is 1. The van der Waals surface area contributed by atoms with Gasteiger partial charge in [-0.05, 0) is 50.3 Å². The molecule has 1 heterocycles. The Kier molecular flexibility index (Phi) is 5.36. The fraction of sp³-hybridized carbons (Fsp3) is 0.533. The summed E-state index contributed by atoms with van der Waals surface area (Å²) < 4.78 is 0. The van der Waals surface area contributed by atoms with Gasteiger partial charge in [-0.2, -0.15) is 0 Å². The first kappa shape index (κ1) is 16.4. The van der Waals surface area contributed by atoms with Gasteiger partial charge in [0.1, 0.15) is 0 Å². The van der Waals surface area contributed by atoms with Crippen molar-refractivity contribution in [3.63, 3.8) is 0 Å². The Morgan fingerprint density at radius 1 is 1.33 bits per heavy atom. The Hall–Kier alpha value is -0.970. The van der Waals surface area contributed by atoms with Crippen molar-refractivity contribution in [1.29, 1.82) is 0 Å². The molecule has 0 aromatic heterocycles. The van der Waals surface area contributed by atoms with Crippen LogP contribution in [-0.2, 0) is 0 Å². The lowest BCUT2D eigenvalue weighted by Gasteiger charge is -2.33. The molecule has 0 radical (unpaired) electrons. The van der Waals surface area contributed by atoms with Crippen LogP contribution in [0.5, 0.6) is 0 Å². The average molecular weight is 331 g/mol. The van der Waals surface area contributed by atoms with Gasteiger partial charge in [-0.15, -0.1) is 0 Å². The highest BCUT2D eigenvalue weighted by Crippen LogP contribution is 2.28. The Bertz CT molecular complexity index is 503. The number of carbonyl (C=O) groups excluding carboxylic acids is 1. The quantitative estimate of drug-likeness (QED) is 0.863. The van der Waals surface area contributed by atoms with Crippen LogP contribution in [-0.4, -0.2) is 35.2 Å². The third-order valence-electron chi connectivity index (χ3n) is 4.04. The summed E-state index contributed by atoms with van der Waals surface area (Å²) in [6.45, 7) is 4.93. The number of benzene rings is 1. The van der Waals surface area contributed by atoms with E-state index in [2.05, 4.69) is 5.32 Å². The summed E-state index contributed by atoms with van der Waals surface area (Å²) in [4.78, 5) is 14.0. The highest BCUT2D eigenvalue weighted by molar-refractivity contribution is 6.36. The maximum atomic E-state index is 12.2. The van der Waals surface area contributed by atoms with Gasteiger partial charge in [0.15, 0.2) is 0 Å². The molecule has 21 heavy (non-hydrogen) atoms. The Morgan fingerprint density at radius 3 is 2.33 bits per heavy atom. The highest BCUT2D eigenvalue weighted by Gasteiger charge is 2.25. The standard InChI is InChI=1S/C15H20Cl2N2O2/c1-9-13(16)7-12(8-14(9)17)18-15(21)19-5-3-11(4-6-19)10(2)20/h7-8,10-11,20H,3-6H2,1-2H3,(H,18,21). The van der Waals surface area contributed by atoms with E-state index in [9.17, 15) is 9.90 Å². The van der Waals surface area contributed by atoms with E-state index >= 15 is 0 Å². The first-order chi connectivity index (χ1) is 9.88. The minimum atomic E-state index is -0.315. The Morgan fingerprint density at radius 2 is 1.86 bits per heavy atom. The summed E-state index contributed by atoms with van der Waals surface area (Å²) in [6.07, 6.45) is 1.32. The molecule has 1 saturated heterocycles. The van der Waals surface area contributed by atoms with Gasteiger partial charge in [-0.25, -0.2) is 4.79 Å². The zero-order valence-corrected chi connectivity index (χ0v) is 13.7. The number of anilines is 1. The minimum Gasteiger partial charge on any atom is -0.393 e. The number of hydrogen-bond donors (Lipinski definition) is 2. The van der Waals surface area contributed by atoms with Gasteiger partial charge < -0.3 is 15.3 Å². The maximum absolute atomic E-state index is 12.2. The third-order valence-corrected chi connectivity index (χ3v) is 4.83. The van der Waals surface area contributed by atoms with Crippen LogP contribution in [0.25, 0.3) is 0 Å². The molecule has 1 aromatic carbocycles. The van der Waals surface area contributed by atoms with E-state index in [1.807, 2.05) is 6.92 Å². The van der Waals surface area contributed by atoms with Crippen molar-refractivity contribution in [2.24, 2.45) is 5.92 Å². The predicted molar refractivity (Wildman–Crippen MR) is 86.2 cm³/mol. The molecule has 2 N–H and O–H groups in total.